The Morgan fingerprint density at radius 1 is 0.929 bits per heavy atom. The van der Waals surface area contributed by atoms with Crippen LogP contribution in [0.4, 0.5) is 9.59 Å². The second-order valence-corrected chi connectivity index (χ2v) is 7.78. The van der Waals surface area contributed by atoms with Crippen LogP contribution in [0.25, 0.3) is 0 Å². The van der Waals surface area contributed by atoms with Crippen molar-refractivity contribution in [1.29, 1.82) is 0 Å². The highest BCUT2D eigenvalue weighted by Gasteiger charge is 2.15. The second-order valence-electron chi connectivity index (χ2n) is 7.78. The summed E-state index contributed by atoms with van der Waals surface area (Å²) in [6.45, 7) is 8.68. The van der Waals surface area contributed by atoms with Gasteiger partial charge in [-0.2, -0.15) is 0 Å². The third-order valence-electron chi connectivity index (χ3n) is 3.86. The Balaban J connectivity index is 1.97. The van der Waals surface area contributed by atoms with Crippen LogP contribution in [-0.2, 0) is 16.1 Å². The van der Waals surface area contributed by atoms with Gasteiger partial charge in [-0.1, -0.05) is 36.8 Å². The summed E-state index contributed by atoms with van der Waals surface area (Å²) in [6.07, 6.45) is 2.20. The number of carbonyl (C=O) groups is 2. The Morgan fingerprint density at radius 3 is 2.29 bits per heavy atom. The number of rotatable bonds is 11. The van der Waals surface area contributed by atoms with Crippen LogP contribution in [0.3, 0.4) is 0 Å². The molecule has 2 amide bonds. The molecule has 1 aromatic rings. The molecule has 158 valence electrons. The van der Waals surface area contributed by atoms with Crippen molar-refractivity contribution in [3.8, 4) is 0 Å². The van der Waals surface area contributed by atoms with E-state index in [4.69, 9.17) is 9.47 Å². The summed E-state index contributed by atoms with van der Waals surface area (Å²) < 4.78 is 10.4. The molecule has 0 aliphatic heterocycles. The fourth-order valence-corrected chi connectivity index (χ4v) is 2.42. The van der Waals surface area contributed by atoms with Crippen LogP contribution < -0.4 is 10.6 Å². The Hall–Kier alpha value is -2.28. The van der Waals surface area contributed by atoms with Crippen molar-refractivity contribution in [2.24, 2.45) is 0 Å². The van der Waals surface area contributed by atoms with Gasteiger partial charge in [0.1, 0.15) is 12.2 Å². The quantitative estimate of drug-likeness (QED) is 0.562. The van der Waals surface area contributed by atoms with Crippen LogP contribution in [-0.4, -0.2) is 55.9 Å². The number of ether oxygens (including phenoxy) is 2. The van der Waals surface area contributed by atoms with Crippen molar-refractivity contribution in [2.45, 2.75) is 52.2 Å². The lowest BCUT2D eigenvalue weighted by Gasteiger charge is -2.19. The van der Waals surface area contributed by atoms with E-state index in [2.05, 4.69) is 15.5 Å². The standard InChI is InChI=1S/C21H35N3O4/c1-21(2,3)28-20(26)22-13-9-6-10-15-24(4)16-14-23-19(25)27-17-18-11-7-5-8-12-18/h5,7-8,11-12H,6,9-10,13-17H2,1-4H3,(H,22,26)(H,23,25). The molecule has 0 aromatic heterocycles. The minimum atomic E-state index is -0.463. The maximum Gasteiger partial charge on any atom is 0.407 e. The fourth-order valence-electron chi connectivity index (χ4n) is 2.42. The molecule has 0 saturated carbocycles. The number of carbonyl (C=O) groups excluding carboxylic acids is 2. The van der Waals surface area contributed by atoms with Crippen molar-refractivity contribution in [2.75, 3.05) is 33.2 Å². The number of likely N-dealkylation sites (N-methyl/N-ethyl adjacent to an activating group) is 1. The predicted molar refractivity (Wildman–Crippen MR) is 110 cm³/mol. The number of hydrogen-bond acceptors (Lipinski definition) is 5. The molecular formula is C21H35N3O4. The highest BCUT2D eigenvalue weighted by atomic mass is 16.6. The van der Waals surface area contributed by atoms with Gasteiger partial charge in [0.25, 0.3) is 0 Å². The average Bonchev–Trinajstić information content (AvgIpc) is 2.62. The van der Waals surface area contributed by atoms with Gasteiger partial charge in [0.2, 0.25) is 0 Å². The smallest absolute Gasteiger partial charge is 0.407 e. The molecule has 0 bridgehead atoms. The molecule has 0 spiro atoms. The zero-order chi connectivity index (χ0) is 20.8. The summed E-state index contributed by atoms with van der Waals surface area (Å²) in [5.41, 5.74) is 0.505. The van der Waals surface area contributed by atoms with E-state index < -0.39 is 11.7 Å². The Labute approximate surface area is 168 Å². The van der Waals surface area contributed by atoms with Gasteiger partial charge in [0.15, 0.2) is 0 Å². The molecule has 1 rings (SSSR count). The molecular weight excluding hydrogens is 358 g/mol. The lowest BCUT2D eigenvalue weighted by Crippen LogP contribution is -2.34. The van der Waals surface area contributed by atoms with E-state index in [0.29, 0.717) is 13.1 Å². The van der Waals surface area contributed by atoms with Crippen LogP contribution in [0, 0.1) is 0 Å². The molecule has 0 radical (unpaired) electrons. The molecule has 0 atom stereocenters. The lowest BCUT2D eigenvalue weighted by atomic mass is 10.2. The predicted octanol–water partition coefficient (Wildman–Crippen LogP) is 3.54. The molecule has 7 heteroatoms. The topological polar surface area (TPSA) is 79.9 Å². The first-order valence-corrected chi connectivity index (χ1v) is 9.86. The van der Waals surface area contributed by atoms with Crippen LogP contribution in [0.5, 0.6) is 0 Å². The average molecular weight is 394 g/mol. The summed E-state index contributed by atoms with van der Waals surface area (Å²) in [5.74, 6) is 0. The number of benzene rings is 1. The Morgan fingerprint density at radius 2 is 1.61 bits per heavy atom. The minimum absolute atomic E-state index is 0.278. The molecule has 0 aliphatic carbocycles. The van der Waals surface area contributed by atoms with Crippen LogP contribution >= 0.6 is 0 Å². The third-order valence-corrected chi connectivity index (χ3v) is 3.86. The molecule has 7 nitrogen and oxygen atoms in total. The Bertz CT molecular complexity index is 573. The van der Waals surface area contributed by atoms with Gasteiger partial charge < -0.3 is 25.0 Å². The largest absolute Gasteiger partial charge is 0.445 e. The number of nitrogens with one attached hydrogen (secondary N) is 2. The van der Waals surface area contributed by atoms with E-state index in [9.17, 15) is 9.59 Å². The SMILES string of the molecule is CN(CCCCCNC(=O)OC(C)(C)C)CCNC(=O)OCc1ccccc1. The van der Waals surface area contributed by atoms with Crippen molar-refractivity contribution < 1.29 is 19.1 Å². The number of alkyl carbamates (subject to hydrolysis) is 2. The van der Waals surface area contributed by atoms with E-state index in [-0.39, 0.29) is 12.7 Å². The fraction of sp³-hybridized carbons (Fsp3) is 0.619. The van der Waals surface area contributed by atoms with Crippen LogP contribution in [0.2, 0.25) is 0 Å². The van der Waals surface area contributed by atoms with Gasteiger partial charge >= 0.3 is 12.2 Å². The van der Waals surface area contributed by atoms with Crippen molar-refractivity contribution >= 4 is 12.2 Å². The maximum atomic E-state index is 11.7. The highest BCUT2D eigenvalue weighted by Crippen LogP contribution is 2.06. The minimum Gasteiger partial charge on any atom is -0.445 e. The summed E-state index contributed by atoms with van der Waals surface area (Å²) in [5, 5.41) is 5.52. The maximum absolute atomic E-state index is 11.7. The third kappa shape index (κ3) is 13.0. The first kappa shape index (κ1) is 23.8. The summed E-state index contributed by atoms with van der Waals surface area (Å²) in [6, 6.07) is 9.60. The van der Waals surface area contributed by atoms with E-state index in [1.807, 2.05) is 58.2 Å². The van der Waals surface area contributed by atoms with E-state index in [0.717, 1.165) is 37.9 Å². The highest BCUT2D eigenvalue weighted by molar-refractivity contribution is 5.67. The first-order valence-electron chi connectivity index (χ1n) is 9.86. The van der Waals surface area contributed by atoms with Crippen molar-refractivity contribution in [3.05, 3.63) is 35.9 Å². The number of unbranched alkanes of at least 4 members (excludes halogenated alkanes) is 2. The molecule has 0 aliphatic rings. The van der Waals surface area contributed by atoms with E-state index in [1.165, 1.54) is 0 Å². The van der Waals surface area contributed by atoms with Gasteiger partial charge in [-0.25, -0.2) is 9.59 Å². The molecule has 28 heavy (non-hydrogen) atoms. The number of hydrogen-bond donors (Lipinski definition) is 2. The van der Waals surface area contributed by atoms with Gasteiger partial charge in [0.05, 0.1) is 0 Å². The van der Waals surface area contributed by atoms with Crippen molar-refractivity contribution in [1.82, 2.24) is 15.5 Å². The Kier molecular flexibility index (Phi) is 11.0. The van der Waals surface area contributed by atoms with Crippen molar-refractivity contribution in [3.63, 3.8) is 0 Å². The molecule has 0 unspecified atom stereocenters. The number of nitrogens with zero attached hydrogens (tertiary/aromatic N) is 1. The van der Waals surface area contributed by atoms with Gasteiger partial charge in [0, 0.05) is 19.6 Å². The van der Waals surface area contributed by atoms with E-state index >= 15 is 0 Å². The van der Waals surface area contributed by atoms with Gasteiger partial charge in [-0.3, -0.25) is 0 Å². The molecule has 2 N–H and O–H groups in total. The zero-order valence-corrected chi connectivity index (χ0v) is 17.6. The summed E-state index contributed by atoms with van der Waals surface area (Å²) in [7, 11) is 2.02. The number of amides is 2. The normalized spacial score (nSPS) is 11.2. The summed E-state index contributed by atoms with van der Waals surface area (Å²) in [4.78, 5) is 25.4. The van der Waals surface area contributed by atoms with Gasteiger partial charge in [-0.15, -0.1) is 0 Å². The lowest BCUT2D eigenvalue weighted by molar-refractivity contribution is 0.0526. The van der Waals surface area contributed by atoms with Crippen LogP contribution in [0.15, 0.2) is 30.3 Å². The summed E-state index contributed by atoms with van der Waals surface area (Å²) >= 11 is 0. The second kappa shape index (κ2) is 13.0. The molecule has 1 aromatic carbocycles. The van der Waals surface area contributed by atoms with Gasteiger partial charge in [-0.05, 0) is 52.8 Å². The van der Waals surface area contributed by atoms with E-state index in [1.54, 1.807) is 0 Å². The monoisotopic (exact) mass is 393 g/mol. The first-order chi connectivity index (χ1) is 13.3. The zero-order valence-electron chi connectivity index (χ0n) is 17.6. The molecule has 0 heterocycles. The molecule has 0 saturated heterocycles. The van der Waals surface area contributed by atoms with Crippen LogP contribution in [0.1, 0.15) is 45.6 Å². The molecule has 0 fully saturated rings.